The van der Waals surface area contributed by atoms with Crippen LogP contribution in [0.25, 0.3) is 0 Å². The van der Waals surface area contributed by atoms with E-state index in [1.165, 1.54) is 0 Å². The zero-order chi connectivity index (χ0) is 14.7. The number of ether oxygens (including phenoxy) is 2. The minimum atomic E-state index is -2.70. The number of alkyl halides is 2. The van der Waals surface area contributed by atoms with Crippen molar-refractivity contribution in [2.75, 3.05) is 5.73 Å². The van der Waals surface area contributed by atoms with E-state index in [-0.39, 0.29) is 12.2 Å². The molecule has 0 aromatic carbocycles. The van der Waals surface area contributed by atoms with Crippen molar-refractivity contribution in [1.82, 2.24) is 4.98 Å². The van der Waals surface area contributed by atoms with Gasteiger partial charge in [0, 0.05) is 0 Å². The van der Waals surface area contributed by atoms with Crippen molar-refractivity contribution < 1.29 is 18.3 Å². The Labute approximate surface area is 124 Å². The first-order chi connectivity index (χ1) is 9.45. The number of rotatable bonds is 4. The van der Waals surface area contributed by atoms with E-state index < -0.39 is 6.61 Å². The van der Waals surface area contributed by atoms with E-state index >= 15 is 0 Å². The zero-order valence-electron chi connectivity index (χ0n) is 11.1. The summed E-state index contributed by atoms with van der Waals surface area (Å²) in [6.07, 6.45) is 2.09. The molecule has 2 N–H and O–H groups in total. The summed E-state index contributed by atoms with van der Waals surface area (Å²) in [5.74, 6) is 0.495. The number of hydrogen-bond acceptors (Lipinski definition) is 4. The molecule has 1 fully saturated rings. The molecule has 7 heteroatoms. The Kier molecular flexibility index (Phi) is 5.15. The summed E-state index contributed by atoms with van der Waals surface area (Å²) in [4.78, 5) is 4.29. The molecule has 0 saturated heterocycles. The summed E-state index contributed by atoms with van der Waals surface area (Å²) in [5.41, 5.74) is 7.05. The van der Waals surface area contributed by atoms with Gasteiger partial charge in [0.15, 0.2) is 0 Å². The predicted octanol–water partition coefficient (Wildman–Crippen LogP) is 3.66. The van der Waals surface area contributed by atoms with E-state index in [4.69, 9.17) is 10.5 Å². The second kappa shape index (κ2) is 6.67. The highest BCUT2D eigenvalue weighted by Gasteiger charge is 2.26. The number of anilines is 1. The molecule has 0 radical (unpaired) electrons. The van der Waals surface area contributed by atoms with Crippen molar-refractivity contribution in [3.05, 3.63) is 16.2 Å². The van der Waals surface area contributed by atoms with Crippen LogP contribution >= 0.6 is 15.9 Å². The van der Waals surface area contributed by atoms with Gasteiger partial charge in [0.25, 0.3) is 0 Å². The van der Waals surface area contributed by atoms with Gasteiger partial charge in [-0.2, -0.15) is 8.78 Å². The largest absolute Gasteiger partial charge is 0.474 e. The number of aromatic nitrogens is 1. The van der Waals surface area contributed by atoms with Crippen molar-refractivity contribution in [3.8, 4) is 5.88 Å². The fourth-order valence-corrected chi connectivity index (χ4v) is 2.67. The number of hydrogen-bond donors (Lipinski definition) is 1. The predicted molar refractivity (Wildman–Crippen MR) is 74.8 cm³/mol. The molecule has 1 aromatic heterocycles. The van der Waals surface area contributed by atoms with E-state index in [1.807, 2.05) is 6.92 Å². The average molecular weight is 351 g/mol. The van der Waals surface area contributed by atoms with E-state index in [0.717, 1.165) is 0 Å². The third kappa shape index (κ3) is 4.02. The summed E-state index contributed by atoms with van der Waals surface area (Å²) in [6.45, 7) is -0.893. The monoisotopic (exact) mass is 350 g/mol. The van der Waals surface area contributed by atoms with Gasteiger partial charge in [-0.3, -0.25) is 0 Å². The minimum absolute atomic E-state index is 0.0284. The molecule has 0 amide bonds. The lowest BCUT2D eigenvalue weighted by molar-refractivity contribution is -0.173. The highest BCUT2D eigenvalue weighted by atomic mass is 79.9. The van der Waals surface area contributed by atoms with Crippen LogP contribution in [0.15, 0.2) is 10.5 Å². The van der Waals surface area contributed by atoms with Crippen LogP contribution in [0.4, 0.5) is 14.5 Å². The molecule has 20 heavy (non-hydrogen) atoms. The van der Waals surface area contributed by atoms with Gasteiger partial charge in [0.05, 0.1) is 22.0 Å². The second-order valence-electron chi connectivity index (χ2n) is 4.86. The van der Waals surface area contributed by atoms with Crippen LogP contribution in [0.3, 0.4) is 0 Å². The van der Waals surface area contributed by atoms with Crippen LogP contribution in [-0.4, -0.2) is 23.8 Å². The van der Waals surface area contributed by atoms with E-state index in [2.05, 4.69) is 25.7 Å². The molecule has 0 atom stereocenters. The van der Waals surface area contributed by atoms with Gasteiger partial charge in [-0.1, -0.05) is 0 Å². The van der Waals surface area contributed by atoms with E-state index in [0.29, 0.717) is 47.4 Å². The van der Waals surface area contributed by atoms with Crippen LogP contribution in [-0.2, 0) is 4.74 Å². The lowest BCUT2D eigenvalue weighted by atomic mass is 9.95. The molecule has 1 aliphatic rings. The molecule has 2 rings (SSSR count). The van der Waals surface area contributed by atoms with Crippen molar-refractivity contribution in [3.63, 3.8) is 0 Å². The maximum absolute atomic E-state index is 12.1. The SMILES string of the molecule is Cc1nc(OC2CCC(OC(F)F)CC2)c(Br)cc1N. The third-order valence-electron chi connectivity index (χ3n) is 3.37. The standard InChI is InChI=1S/C13H17BrF2N2O2/c1-7-11(17)6-10(14)12(18-7)19-8-2-4-9(5-3-8)20-13(15)16/h6,8-9,13H,2-5,17H2,1H3. The van der Waals surface area contributed by atoms with Crippen molar-refractivity contribution in [2.45, 2.75) is 51.4 Å². The Hall–Kier alpha value is -0.950. The lowest BCUT2D eigenvalue weighted by Gasteiger charge is -2.28. The first-order valence-electron chi connectivity index (χ1n) is 6.48. The maximum atomic E-state index is 12.1. The Morgan fingerprint density at radius 2 is 1.90 bits per heavy atom. The fraction of sp³-hybridized carbons (Fsp3) is 0.615. The number of halogens is 3. The van der Waals surface area contributed by atoms with Crippen LogP contribution < -0.4 is 10.5 Å². The third-order valence-corrected chi connectivity index (χ3v) is 3.94. The van der Waals surface area contributed by atoms with Crippen LogP contribution in [0, 0.1) is 6.92 Å². The van der Waals surface area contributed by atoms with Crippen LogP contribution in [0.1, 0.15) is 31.4 Å². The second-order valence-corrected chi connectivity index (χ2v) is 5.72. The normalized spacial score (nSPS) is 23.1. The molecule has 4 nitrogen and oxygen atoms in total. The summed E-state index contributed by atoms with van der Waals surface area (Å²) < 4.78 is 35.3. The van der Waals surface area contributed by atoms with Gasteiger partial charge in [0.1, 0.15) is 6.10 Å². The molecular formula is C13H17BrF2N2O2. The van der Waals surface area contributed by atoms with Crippen LogP contribution in [0.5, 0.6) is 5.88 Å². The minimum Gasteiger partial charge on any atom is -0.474 e. The van der Waals surface area contributed by atoms with Crippen molar-refractivity contribution in [2.24, 2.45) is 0 Å². The highest BCUT2D eigenvalue weighted by Crippen LogP contribution is 2.31. The molecule has 1 aromatic rings. The molecule has 112 valence electrons. The molecule has 1 aliphatic carbocycles. The Morgan fingerprint density at radius 3 is 2.50 bits per heavy atom. The van der Waals surface area contributed by atoms with Gasteiger partial charge in [-0.05, 0) is 54.6 Å². The summed E-state index contributed by atoms with van der Waals surface area (Å²) in [7, 11) is 0. The molecular weight excluding hydrogens is 334 g/mol. The first-order valence-corrected chi connectivity index (χ1v) is 7.28. The Balaban J connectivity index is 1.91. The number of aryl methyl sites for hydroxylation is 1. The molecule has 0 aliphatic heterocycles. The number of nitrogens with zero attached hydrogens (tertiary/aromatic N) is 1. The van der Waals surface area contributed by atoms with Gasteiger partial charge >= 0.3 is 6.61 Å². The van der Waals surface area contributed by atoms with Crippen molar-refractivity contribution in [1.29, 1.82) is 0 Å². The van der Waals surface area contributed by atoms with Gasteiger partial charge in [0.2, 0.25) is 5.88 Å². The van der Waals surface area contributed by atoms with Gasteiger partial charge in [-0.25, -0.2) is 4.98 Å². The number of nitrogens with two attached hydrogens (primary N) is 1. The van der Waals surface area contributed by atoms with E-state index in [1.54, 1.807) is 6.07 Å². The van der Waals surface area contributed by atoms with Gasteiger partial charge in [-0.15, -0.1) is 0 Å². The Bertz CT molecular complexity index is 466. The molecule has 1 heterocycles. The maximum Gasteiger partial charge on any atom is 0.345 e. The number of pyridine rings is 1. The highest BCUT2D eigenvalue weighted by molar-refractivity contribution is 9.10. The average Bonchev–Trinajstić information content (AvgIpc) is 2.37. The molecule has 0 bridgehead atoms. The molecule has 0 unspecified atom stereocenters. The molecule has 1 saturated carbocycles. The quantitative estimate of drug-likeness (QED) is 0.899. The summed E-state index contributed by atoms with van der Waals surface area (Å²) >= 11 is 3.36. The summed E-state index contributed by atoms with van der Waals surface area (Å²) in [6, 6.07) is 1.75. The lowest BCUT2D eigenvalue weighted by Crippen LogP contribution is -2.29. The van der Waals surface area contributed by atoms with Crippen LogP contribution in [0.2, 0.25) is 0 Å². The van der Waals surface area contributed by atoms with E-state index in [9.17, 15) is 8.78 Å². The Morgan fingerprint density at radius 1 is 1.30 bits per heavy atom. The fourth-order valence-electron chi connectivity index (χ4n) is 2.25. The van der Waals surface area contributed by atoms with Crippen molar-refractivity contribution >= 4 is 21.6 Å². The summed E-state index contributed by atoms with van der Waals surface area (Å²) in [5, 5.41) is 0. The number of nitrogen functional groups attached to an aromatic ring is 1. The first kappa shape index (κ1) is 15.4. The zero-order valence-corrected chi connectivity index (χ0v) is 12.7. The molecule has 0 spiro atoms. The topological polar surface area (TPSA) is 57.4 Å². The van der Waals surface area contributed by atoms with Gasteiger partial charge < -0.3 is 15.2 Å². The smallest absolute Gasteiger partial charge is 0.345 e.